The second kappa shape index (κ2) is 10.9. The zero-order valence-corrected chi connectivity index (χ0v) is 10.4. The van der Waals surface area contributed by atoms with Crippen LogP contribution in [0, 0.1) is 5.92 Å². The van der Waals surface area contributed by atoms with Crippen molar-refractivity contribution in [1.82, 2.24) is 5.32 Å². The number of nitrogens with one attached hydrogen (secondary N) is 1. The third-order valence-corrected chi connectivity index (χ3v) is 2.68. The average Bonchev–Trinajstić information content (AvgIpc) is 2.26. The van der Waals surface area contributed by atoms with E-state index in [1.165, 1.54) is 0 Å². The topological polar surface area (TPSA) is 75.4 Å². The summed E-state index contributed by atoms with van der Waals surface area (Å²) < 4.78 is 0. The van der Waals surface area contributed by atoms with Crippen LogP contribution in [-0.4, -0.2) is 30.7 Å². The molecule has 4 nitrogen and oxygen atoms in total. The number of unbranched alkanes of at least 4 members (excludes halogenated alkanes) is 2. The fraction of sp³-hybridized carbons (Fsp3) is 0.917. The van der Waals surface area contributed by atoms with Crippen LogP contribution >= 0.6 is 0 Å². The molecule has 0 aliphatic carbocycles. The first-order chi connectivity index (χ1) is 7.70. The Bertz CT molecular complexity index is 174. The van der Waals surface area contributed by atoms with Crippen LogP contribution in [0.3, 0.4) is 0 Å². The van der Waals surface area contributed by atoms with Crippen LogP contribution < -0.4 is 11.1 Å². The van der Waals surface area contributed by atoms with E-state index in [9.17, 15) is 4.79 Å². The quantitative estimate of drug-likeness (QED) is 0.491. The number of amides is 1. The number of nitrogens with two attached hydrogens (primary N) is 1. The van der Waals surface area contributed by atoms with Crippen molar-refractivity contribution in [2.75, 3.05) is 19.7 Å². The molecule has 96 valence electrons. The first kappa shape index (κ1) is 15.4. The van der Waals surface area contributed by atoms with Gasteiger partial charge in [0.15, 0.2) is 0 Å². The monoisotopic (exact) mass is 230 g/mol. The Labute approximate surface area is 98.6 Å². The summed E-state index contributed by atoms with van der Waals surface area (Å²) in [5.41, 5.74) is 5.44. The van der Waals surface area contributed by atoms with Crippen LogP contribution in [0.5, 0.6) is 0 Å². The molecule has 4 N–H and O–H groups in total. The van der Waals surface area contributed by atoms with Gasteiger partial charge in [0.1, 0.15) is 0 Å². The fourth-order valence-electron chi connectivity index (χ4n) is 1.54. The largest absolute Gasteiger partial charge is 0.396 e. The zero-order chi connectivity index (χ0) is 12.2. The molecule has 0 saturated carbocycles. The highest BCUT2D eigenvalue weighted by Gasteiger charge is 2.05. The van der Waals surface area contributed by atoms with Crippen molar-refractivity contribution in [3.05, 3.63) is 0 Å². The van der Waals surface area contributed by atoms with Crippen molar-refractivity contribution in [1.29, 1.82) is 0 Å². The summed E-state index contributed by atoms with van der Waals surface area (Å²) in [6.07, 6.45) is 5.25. The minimum atomic E-state index is 0.132. The van der Waals surface area contributed by atoms with Gasteiger partial charge in [0.2, 0.25) is 5.91 Å². The molecule has 4 heteroatoms. The first-order valence-corrected chi connectivity index (χ1v) is 6.28. The third-order valence-electron chi connectivity index (χ3n) is 2.68. The van der Waals surface area contributed by atoms with Crippen LogP contribution in [0.15, 0.2) is 0 Å². The third kappa shape index (κ3) is 9.93. The van der Waals surface area contributed by atoms with Crippen molar-refractivity contribution in [2.24, 2.45) is 11.7 Å². The second-order valence-corrected chi connectivity index (χ2v) is 4.36. The Kier molecular flexibility index (Phi) is 10.5. The summed E-state index contributed by atoms with van der Waals surface area (Å²) in [6.45, 7) is 3.79. The molecule has 0 radical (unpaired) electrons. The van der Waals surface area contributed by atoms with Gasteiger partial charge in [-0.1, -0.05) is 6.92 Å². The number of hydrogen-bond acceptors (Lipinski definition) is 3. The Morgan fingerprint density at radius 3 is 2.69 bits per heavy atom. The molecule has 0 fully saturated rings. The van der Waals surface area contributed by atoms with Gasteiger partial charge >= 0.3 is 0 Å². The molecule has 0 bridgehead atoms. The standard InChI is InChI=1S/C12H26N2O2/c1-11(7-8-13)5-6-12(16)14-9-3-2-4-10-15/h11,15H,2-10,13H2,1H3,(H,14,16). The lowest BCUT2D eigenvalue weighted by Crippen LogP contribution is -2.24. The van der Waals surface area contributed by atoms with Crippen molar-refractivity contribution in [3.8, 4) is 0 Å². The van der Waals surface area contributed by atoms with Crippen LogP contribution in [0.4, 0.5) is 0 Å². The van der Waals surface area contributed by atoms with E-state index in [1.807, 2.05) is 0 Å². The minimum Gasteiger partial charge on any atom is -0.396 e. The highest BCUT2D eigenvalue weighted by molar-refractivity contribution is 5.75. The van der Waals surface area contributed by atoms with E-state index < -0.39 is 0 Å². The van der Waals surface area contributed by atoms with E-state index in [-0.39, 0.29) is 12.5 Å². The van der Waals surface area contributed by atoms with Crippen molar-refractivity contribution < 1.29 is 9.90 Å². The molecule has 0 heterocycles. The Balaban J connectivity index is 3.30. The van der Waals surface area contributed by atoms with Gasteiger partial charge in [0.05, 0.1) is 0 Å². The molecule has 0 aromatic carbocycles. The smallest absolute Gasteiger partial charge is 0.220 e. The maximum Gasteiger partial charge on any atom is 0.220 e. The Morgan fingerprint density at radius 2 is 2.06 bits per heavy atom. The van der Waals surface area contributed by atoms with E-state index in [1.54, 1.807) is 0 Å². The summed E-state index contributed by atoms with van der Waals surface area (Å²) in [6, 6.07) is 0. The highest BCUT2D eigenvalue weighted by Crippen LogP contribution is 2.08. The summed E-state index contributed by atoms with van der Waals surface area (Å²) in [5, 5.41) is 11.5. The van der Waals surface area contributed by atoms with Crippen LogP contribution in [0.2, 0.25) is 0 Å². The lowest BCUT2D eigenvalue weighted by atomic mass is 10.0. The predicted molar refractivity (Wildman–Crippen MR) is 66.0 cm³/mol. The average molecular weight is 230 g/mol. The van der Waals surface area contributed by atoms with Crippen LogP contribution in [0.1, 0.15) is 45.4 Å². The first-order valence-electron chi connectivity index (χ1n) is 6.28. The van der Waals surface area contributed by atoms with Crippen molar-refractivity contribution >= 4 is 5.91 Å². The van der Waals surface area contributed by atoms with Crippen molar-refractivity contribution in [3.63, 3.8) is 0 Å². The molecule has 0 spiro atoms. The normalized spacial score (nSPS) is 12.4. The van der Waals surface area contributed by atoms with E-state index in [4.69, 9.17) is 10.8 Å². The SMILES string of the molecule is CC(CCN)CCC(=O)NCCCCCO. The maximum absolute atomic E-state index is 11.4. The van der Waals surface area contributed by atoms with Gasteiger partial charge in [-0.25, -0.2) is 0 Å². The molecule has 1 amide bonds. The molecule has 0 aliphatic heterocycles. The van der Waals surface area contributed by atoms with Crippen LogP contribution in [-0.2, 0) is 4.79 Å². The summed E-state index contributed by atoms with van der Waals surface area (Å²) in [4.78, 5) is 11.4. The van der Waals surface area contributed by atoms with E-state index in [0.717, 1.165) is 38.6 Å². The van der Waals surface area contributed by atoms with E-state index >= 15 is 0 Å². The predicted octanol–water partition coefficient (Wildman–Crippen LogP) is 1.03. The number of rotatable bonds is 10. The van der Waals surface area contributed by atoms with Gasteiger partial charge < -0.3 is 16.2 Å². The molecule has 1 unspecified atom stereocenters. The number of aliphatic hydroxyl groups is 1. The van der Waals surface area contributed by atoms with Gasteiger partial charge in [0.25, 0.3) is 0 Å². The molecular weight excluding hydrogens is 204 g/mol. The van der Waals surface area contributed by atoms with E-state index in [2.05, 4.69) is 12.2 Å². The number of aliphatic hydroxyl groups excluding tert-OH is 1. The Morgan fingerprint density at radius 1 is 1.31 bits per heavy atom. The fourth-order valence-corrected chi connectivity index (χ4v) is 1.54. The lowest BCUT2D eigenvalue weighted by molar-refractivity contribution is -0.121. The van der Waals surface area contributed by atoms with E-state index in [0.29, 0.717) is 18.9 Å². The number of hydrogen-bond donors (Lipinski definition) is 3. The maximum atomic E-state index is 11.4. The van der Waals surface area contributed by atoms with Crippen molar-refractivity contribution in [2.45, 2.75) is 45.4 Å². The van der Waals surface area contributed by atoms with Gasteiger partial charge in [-0.05, 0) is 44.6 Å². The molecule has 1 atom stereocenters. The molecule has 0 aromatic rings. The molecule has 0 rings (SSSR count). The van der Waals surface area contributed by atoms with Gasteiger partial charge in [-0.3, -0.25) is 4.79 Å². The van der Waals surface area contributed by atoms with Gasteiger partial charge in [-0.2, -0.15) is 0 Å². The zero-order valence-electron chi connectivity index (χ0n) is 10.4. The summed E-state index contributed by atoms with van der Waals surface area (Å²) >= 11 is 0. The Hall–Kier alpha value is -0.610. The summed E-state index contributed by atoms with van der Waals surface area (Å²) in [7, 11) is 0. The number of carbonyl (C=O) groups is 1. The molecule has 0 saturated heterocycles. The number of carbonyl (C=O) groups excluding carboxylic acids is 1. The molecule has 0 aromatic heterocycles. The molecule has 16 heavy (non-hydrogen) atoms. The minimum absolute atomic E-state index is 0.132. The van der Waals surface area contributed by atoms with Gasteiger partial charge in [0, 0.05) is 19.6 Å². The van der Waals surface area contributed by atoms with Crippen LogP contribution in [0.25, 0.3) is 0 Å². The second-order valence-electron chi connectivity index (χ2n) is 4.36. The lowest BCUT2D eigenvalue weighted by Gasteiger charge is -2.09. The van der Waals surface area contributed by atoms with Gasteiger partial charge in [-0.15, -0.1) is 0 Å². The molecular formula is C12H26N2O2. The highest BCUT2D eigenvalue weighted by atomic mass is 16.2. The molecule has 0 aliphatic rings. The summed E-state index contributed by atoms with van der Waals surface area (Å²) in [5.74, 6) is 0.665.